The summed E-state index contributed by atoms with van der Waals surface area (Å²) < 4.78 is 19.3. The summed E-state index contributed by atoms with van der Waals surface area (Å²) in [6.45, 7) is -0.510. The SMILES string of the molecule is O=[N+]([O-])c1ccc(Oc2cc(F)c(Cl)cc2Br)cc1CO. The Bertz CT molecular complexity index is 711. The van der Waals surface area contributed by atoms with Crippen LogP contribution < -0.4 is 4.74 Å². The smallest absolute Gasteiger partial charge is 0.275 e. The lowest BCUT2D eigenvalue weighted by Gasteiger charge is -2.10. The maximum Gasteiger partial charge on any atom is 0.275 e. The van der Waals surface area contributed by atoms with E-state index in [1.807, 2.05) is 0 Å². The molecule has 0 aliphatic carbocycles. The molecule has 0 bridgehead atoms. The second kappa shape index (κ2) is 6.38. The van der Waals surface area contributed by atoms with Crippen molar-refractivity contribution in [3.8, 4) is 11.5 Å². The van der Waals surface area contributed by atoms with E-state index >= 15 is 0 Å². The molecule has 8 heteroatoms. The van der Waals surface area contributed by atoms with Gasteiger partial charge in [-0.15, -0.1) is 0 Å². The molecule has 0 aliphatic heterocycles. The van der Waals surface area contributed by atoms with Crippen LogP contribution in [0.25, 0.3) is 0 Å². The molecule has 0 spiro atoms. The Morgan fingerprint density at radius 1 is 1.38 bits per heavy atom. The molecule has 0 fully saturated rings. The Morgan fingerprint density at radius 2 is 2.10 bits per heavy atom. The molecule has 0 saturated carbocycles. The zero-order chi connectivity index (χ0) is 15.6. The van der Waals surface area contributed by atoms with Crippen LogP contribution in [0.5, 0.6) is 11.5 Å². The molecule has 0 atom stereocenters. The van der Waals surface area contributed by atoms with Gasteiger partial charge in [-0.25, -0.2) is 4.39 Å². The third-order valence-electron chi connectivity index (χ3n) is 2.62. The van der Waals surface area contributed by atoms with Crippen LogP contribution in [0.4, 0.5) is 10.1 Å². The van der Waals surface area contributed by atoms with E-state index in [9.17, 15) is 14.5 Å². The Morgan fingerprint density at radius 3 is 2.71 bits per heavy atom. The lowest BCUT2D eigenvalue weighted by atomic mass is 10.2. The van der Waals surface area contributed by atoms with E-state index in [0.717, 1.165) is 6.07 Å². The molecular formula is C13H8BrClFNO4. The first kappa shape index (κ1) is 15.7. The maximum absolute atomic E-state index is 13.4. The van der Waals surface area contributed by atoms with Crippen molar-refractivity contribution in [3.63, 3.8) is 0 Å². The minimum absolute atomic E-state index is 0.0611. The van der Waals surface area contributed by atoms with Crippen LogP contribution in [-0.4, -0.2) is 10.0 Å². The predicted octanol–water partition coefficient (Wildman–Crippen LogP) is 4.43. The van der Waals surface area contributed by atoms with Gasteiger partial charge in [-0.05, 0) is 34.1 Å². The largest absolute Gasteiger partial charge is 0.456 e. The van der Waals surface area contributed by atoms with Crippen molar-refractivity contribution < 1.29 is 19.2 Å². The first-order chi connectivity index (χ1) is 9.92. The van der Waals surface area contributed by atoms with Gasteiger partial charge in [0.2, 0.25) is 0 Å². The third kappa shape index (κ3) is 3.49. The van der Waals surface area contributed by atoms with Gasteiger partial charge in [0.15, 0.2) is 0 Å². The van der Waals surface area contributed by atoms with Crippen LogP contribution >= 0.6 is 27.5 Å². The fraction of sp³-hybridized carbons (Fsp3) is 0.0769. The van der Waals surface area contributed by atoms with Gasteiger partial charge < -0.3 is 9.84 Å². The predicted molar refractivity (Wildman–Crippen MR) is 78.2 cm³/mol. The molecule has 0 unspecified atom stereocenters. The highest BCUT2D eigenvalue weighted by Gasteiger charge is 2.15. The summed E-state index contributed by atoms with van der Waals surface area (Å²) in [4.78, 5) is 10.2. The molecule has 0 aliphatic rings. The Kier molecular flexibility index (Phi) is 4.76. The second-order valence-electron chi connectivity index (χ2n) is 4.00. The van der Waals surface area contributed by atoms with Gasteiger partial charge in [-0.1, -0.05) is 11.6 Å². The van der Waals surface area contributed by atoms with Crippen molar-refractivity contribution in [1.82, 2.24) is 0 Å². The summed E-state index contributed by atoms with van der Waals surface area (Å²) in [5.41, 5.74) is -0.116. The third-order valence-corrected chi connectivity index (χ3v) is 3.53. The number of nitrogens with zero attached hydrogens (tertiary/aromatic N) is 1. The Labute approximate surface area is 132 Å². The van der Waals surface area contributed by atoms with Crippen molar-refractivity contribution in [2.75, 3.05) is 0 Å². The average Bonchev–Trinajstić information content (AvgIpc) is 2.44. The highest BCUT2D eigenvalue weighted by molar-refractivity contribution is 9.10. The van der Waals surface area contributed by atoms with Crippen LogP contribution in [0.3, 0.4) is 0 Å². The summed E-state index contributed by atoms with van der Waals surface area (Å²) in [7, 11) is 0. The molecule has 0 aromatic heterocycles. The maximum atomic E-state index is 13.4. The second-order valence-corrected chi connectivity index (χ2v) is 5.27. The van der Waals surface area contributed by atoms with Gasteiger partial charge in [0.1, 0.15) is 17.3 Å². The van der Waals surface area contributed by atoms with Crippen molar-refractivity contribution >= 4 is 33.2 Å². The number of benzene rings is 2. The average molecular weight is 377 g/mol. The van der Waals surface area contributed by atoms with Crippen LogP contribution in [-0.2, 0) is 6.61 Å². The number of aliphatic hydroxyl groups excluding tert-OH is 1. The Balaban J connectivity index is 2.36. The number of hydrogen-bond acceptors (Lipinski definition) is 4. The lowest BCUT2D eigenvalue weighted by molar-refractivity contribution is -0.385. The standard InChI is InChI=1S/C13H8BrClFNO4/c14-9-4-10(15)11(16)5-13(9)21-8-1-2-12(17(19)20)7(3-8)6-18/h1-5,18H,6H2. The normalized spacial score (nSPS) is 10.5. The lowest BCUT2D eigenvalue weighted by Crippen LogP contribution is -1.96. The quantitative estimate of drug-likeness (QED) is 0.486. The molecule has 1 N–H and O–H groups in total. The molecule has 2 rings (SSSR count). The summed E-state index contributed by atoms with van der Waals surface area (Å²) in [5.74, 6) is -0.263. The van der Waals surface area contributed by atoms with E-state index in [2.05, 4.69) is 15.9 Å². The number of nitro benzene ring substituents is 1. The van der Waals surface area contributed by atoms with Gasteiger partial charge >= 0.3 is 0 Å². The van der Waals surface area contributed by atoms with E-state index < -0.39 is 17.3 Å². The minimum atomic E-state index is -0.654. The fourth-order valence-corrected chi connectivity index (χ4v) is 2.36. The van der Waals surface area contributed by atoms with Gasteiger partial charge in [0.05, 0.1) is 26.6 Å². The number of halogens is 3. The van der Waals surface area contributed by atoms with E-state index in [4.69, 9.17) is 21.4 Å². The number of rotatable bonds is 4. The van der Waals surface area contributed by atoms with E-state index in [1.54, 1.807) is 0 Å². The molecule has 0 saturated heterocycles. The highest BCUT2D eigenvalue weighted by atomic mass is 79.9. The summed E-state index contributed by atoms with van der Waals surface area (Å²) in [6, 6.07) is 6.31. The van der Waals surface area contributed by atoms with Crippen molar-refractivity contribution in [3.05, 3.63) is 61.3 Å². The summed E-state index contributed by atoms with van der Waals surface area (Å²) in [5, 5.41) is 19.9. The first-order valence-corrected chi connectivity index (χ1v) is 6.80. The van der Waals surface area contributed by atoms with Gasteiger partial charge in [0, 0.05) is 12.1 Å². The number of hydrogen-bond donors (Lipinski definition) is 1. The van der Waals surface area contributed by atoms with Crippen molar-refractivity contribution in [1.29, 1.82) is 0 Å². The van der Waals surface area contributed by atoms with Crippen LogP contribution in [0.2, 0.25) is 5.02 Å². The number of nitro groups is 1. The van der Waals surface area contributed by atoms with E-state index in [-0.39, 0.29) is 27.8 Å². The topological polar surface area (TPSA) is 72.6 Å². The monoisotopic (exact) mass is 375 g/mol. The molecule has 0 heterocycles. The van der Waals surface area contributed by atoms with Crippen LogP contribution in [0, 0.1) is 15.9 Å². The molecule has 21 heavy (non-hydrogen) atoms. The summed E-state index contributed by atoms with van der Waals surface area (Å²) >= 11 is 8.80. The van der Waals surface area contributed by atoms with Crippen LogP contribution in [0.15, 0.2) is 34.8 Å². The molecule has 2 aromatic rings. The molecule has 110 valence electrons. The van der Waals surface area contributed by atoms with E-state index in [0.29, 0.717) is 4.47 Å². The number of ether oxygens (including phenoxy) is 1. The first-order valence-electron chi connectivity index (χ1n) is 5.63. The molecule has 5 nitrogen and oxygen atoms in total. The zero-order valence-corrected chi connectivity index (χ0v) is 12.7. The van der Waals surface area contributed by atoms with Crippen LogP contribution in [0.1, 0.15) is 5.56 Å². The molecule has 0 amide bonds. The molecule has 0 radical (unpaired) electrons. The summed E-state index contributed by atoms with van der Waals surface area (Å²) in [6.07, 6.45) is 0. The fourth-order valence-electron chi connectivity index (χ4n) is 1.64. The zero-order valence-electron chi connectivity index (χ0n) is 10.3. The Hall–Kier alpha value is -1.70. The van der Waals surface area contributed by atoms with Crippen molar-refractivity contribution in [2.24, 2.45) is 0 Å². The van der Waals surface area contributed by atoms with E-state index in [1.165, 1.54) is 24.3 Å². The van der Waals surface area contributed by atoms with Gasteiger partial charge in [-0.2, -0.15) is 0 Å². The van der Waals surface area contributed by atoms with Gasteiger partial charge in [0.25, 0.3) is 5.69 Å². The van der Waals surface area contributed by atoms with Crippen molar-refractivity contribution in [2.45, 2.75) is 6.61 Å². The minimum Gasteiger partial charge on any atom is -0.456 e. The number of aliphatic hydroxyl groups is 1. The molecule has 2 aromatic carbocycles. The molecular weight excluding hydrogens is 369 g/mol. The van der Waals surface area contributed by atoms with Gasteiger partial charge in [-0.3, -0.25) is 10.1 Å². The highest BCUT2D eigenvalue weighted by Crippen LogP contribution is 2.35.